The number of nitrogens with zero attached hydrogens (tertiary/aromatic N) is 3. The normalized spacial score (nSPS) is 17.2. The number of imidazole rings is 2. The molecule has 2 aromatic heterocycles. The van der Waals surface area contributed by atoms with Gasteiger partial charge in [-0.1, -0.05) is 89.1 Å². The van der Waals surface area contributed by atoms with E-state index in [0.717, 1.165) is 105 Å². The number of alkyl carbamates (subject to hydrolysis) is 2. The van der Waals surface area contributed by atoms with Crippen LogP contribution in [-0.2, 0) is 24.6 Å². The van der Waals surface area contributed by atoms with Crippen LogP contribution in [0, 0.1) is 11.8 Å². The van der Waals surface area contributed by atoms with Crippen molar-refractivity contribution in [2.45, 2.75) is 89.9 Å². The van der Waals surface area contributed by atoms with Crippen molar-refractivity contribution in [1.29, 1.82) is 0 Å². The summed E-state index contributed by atoms with van der Waals surface area (Å²) in [6.07, 6.45) is 3.77. The maximum Gasteiger partial charge on any atom is 0.407 e. The molecule has 4 aromatic carbocycles. The second-order valence-corrected chi connectivity index (χ2v) is 17.1. The van der Waals surface area contributed by atoms with E-state index in [1.165, 1.54) is 14.2 Å². The van der Waals surface area contributed by atoms with Gasteiger partial charge >= 0.3 is 12.2 Å². The van der Waals surface area contributed by atoms with E-state index in [1.54, 1.807) is 0 Å². The number of carbonyl (C=O) groups excluding carboxylic acids is 4. The molecule has 5 N–H and O–H groups in total. The summed E-state index contributed by atoms with van der Waals surface area (Å²) in [6.45, 7) is 8.19. The molecule has 14 nitrogen and oxygen atoms in total. The quantitative estimate of drug-likeness (QED) is 0.0865. The fourth-order valence-corrected chi connectivity index (χ4v) is 9.06. The van der Waals surface area contributed by atoms with Gasteiger partial charge in [0.1, 0.15) is 23.7 Å². The first-order chi connectivity index (χ1) is 29.4. The van der Waals surface area contributed by atoms with Gasteiger partial charge in [0.05, 0.1) is 47.9 Å². The summed E-state index contributed by atoms with van der Waals surface area (Å²) >= 11 is 0. The van der Waals surface area contributed by atoms with Crippen LogP contribution in [0.4, 0.5) is 9.59 Å². The lowest BCUT2D eigenvalue weighted by Gasteiger charge is -2.31. The van der Waals surface area contributed by atoms with Crippen molar-refractivity contribution >= 4 is 56.8 Å². The Morgan fingerprint density at radius 1 is 0.721 bits per heavy atom. The zero-order chi connectivity index (χ0) is 43.0. The number of aromatic amines is 2. The van der Waals surface area contributed by atoms with Crippen LogP contribution in [0.2, 0.25) is 0 Å². The third-order valence-electron chi connectivity index (χ3n) is 12.4. The molecule has 318 valence electrons. The summed E-state index contributed by atoms with van der Waals surface area (Å²) in [7, 11) is 2.58. The Labute approximate surface area is 354 Å². The van der Waals surface area contributed by atoms with Crippen LogP contribution in [-0.4, -0.2) is 81.7 Å². The topological polar surface area (TPSA) is 183 Å². The van der Waals surface area contributed by atoms with Gasteiger partial charge in [0.15, 0.2) is 0 Å². The van der Waals surface area contributed by atoms with Crippen LogP contribution < -0.4 is 16.0 Å². The standard InChI is InChI=1S/C47H54N8O6/c1-26(2)38(52-45(58)60-5)42(56)54-47(21-7-8-22-47)44-49-34-19-16-31(25-36(34)50-44)29-13-11-28(12-14-29)30-15-18-33-32(24-30)17-20-35-40(33)51-41(48-35)37-10-9-23-55(37)43(57)39(27(3)4)53-46(59)61-6/h11-20,24-27,37-39H,7-10,21-23H2,1-6H3,(H,48,51)(H,49,50)(H,52,58)(H,53,59)(H,54,56)/t37-,38-,39-/m0/s1. The molecule has 1 saturated carbocycles. The highest BCUT2D eigenvalue weighted by molar-refractivity contribution is 6.05. The van der Waals surface area contributed by atoms with E-state index in [1.807, 2.05) is 44.7 Å². The summed E-state index contributed by atoms with van der Waals surface area (Å²) in [5.74, 6) is 0.828. The SMILES string of the molecule is COC(=O)N[C@H](C(=O)NC1(c2nc3ccc(-c4ccc(-c5ccc6c(ccc7nc([C@@H]8CCCN8C(=O)[C@@H](NC(=O)OC)C(C)C)[nH]c76)c5)cc4)cc3[nH]2)CCCC1)C(C)C. The van der Waals surface area contributed by atoms with E-state index >= 15 is 0 Å². The van der Waals surface area contributed by atoms with Gasteiger partial charge in [0.2, 0.25) is 11.8 Å². The van der Waals surface area contributed by atoms with Gasteiger partial charge in [-0.15, -0.1) is 0 Å². The van der Waals surface area contributed by atoms with Gasteiger partial charge in [0, 0.05) is 11.9 Å². The van der Waals surface area contributed by atoms with E-state index in [2.05, 4.69) is 86.6 Å². The highest BCUT2D eigenvalue weighted by Crippen LogP contribution is 2.40. The van der Waals surface area contributed by atoms with Crippen molar-refractivity contribution in [3.05, 3.63) is 84.4 Å². The lowest BCUT2D eigenvalue weighted by molar-refractivity contribution is -0.135. The maximum atomic E-state index is 13.7. The minimum atomic E-state index is -0.740. The van der Waals surface area contributed by atoms with Crippen molar-refractivity contribution in [2.24, 2.45) is 11.8 Å². The van der Waals surface area contributed by atoms with Crippen LogP contribution in [0.3, 0.4) is 0 Å². The molecule has 3 heterocycles. The first-order valence-electron chi connectivity index (χ1n) is 21.2. The molecule has 4 amide bonds. The molecule has 2 aliphatic rings. The molecule has 0 radical (unpaired) electrons. The zero-order valence-electron chi connectivity index (χ0n) is 35.6. The third kappa shape index (κ3) is 8.10. The van der Waals surface area contributed by atoms with Gasteiger partial charge in [-0.25, -0.2) is 19.6 Å². The molecule has 1 aliphatic heterocycles. The van der Waals surface area contributed by atoms with Gasteiger partial charge in [-0.2, -0.15) is 0 Å². The molecule has 1 aliphatic carbocycles. The molecule has 1 saturated heterocycles. The van der Waals surface area contributed by atoms with E-state index in [4.69, 9.17) is 19.4 Å². The Balaban J connectivity index is 1.00. The summed E-state index contributed by atoms with van der Waals surface area (Å²) in [5, 5.41) is 10.8. The number of H-pyrrole nitrogens is 2. The van der Waals surface area contributed by atoms with E-state index < -0.39 is 29.8 Å². The second-order valence-electron chi connectivity index (χ2n) is 17.1. The highest BCUT2D eigenvalue weighted by atomic mass is 16.5. The number of nitrogens with one attached hydrogen (secondary N) is 5. The van der Waals surface area contributed by atoms with E-state index in [9.17, 15) is 19.2 Å². The monoisotopic (exact) mass is 826 g/mol. The molecule has 0 bridgehead atoms. The van der Waals surface area contributed by atoms with Crippen LogP contribution in [0.15, 0.2) is 72.8 Å². The van der Waals surface area contributed by atoms with E-state index in [-0.39, 0.29) is 29.7 Å². The van der Waals surface area contributed by atoms with Gasteiger partial charge < -0.3 is 40.3 Å². The Hall–Kier alpha value is -6.44. The second kappa shape index (κ2) is 16.9. The molecular weight excluding hydrogens is 773 g/mol. The average molecular weight is 827 g/mol. The Kier molecular flexibility index (Phi) is 11.4. The van der Waals surface area contributed by atoms with Crippen LogP contribution >= 0.6 is 0 Å². The predicted octanol–water partition coefficient (Wildman–Crippen LogP) is 8.24. The molecular formula is C47H54N8O6. The van der Waals surface area contributed by atoms with Crippen LogP contribution in [0.1, 0.15) is 83.9 Å². The van der Waals surface area contributed by atoms with Crippen molar-refractivity contribution < 1.29 is 28.7 Å². The fraction of sp³-hybridized carbons (Fsp3) is 0.404. The maximum absolute atomic E-state index is 13.7. The first-order valence-corrected chi connectivity index (χ1v) is 21.2. The number of amides is 4. The first kappa shape index (κ1) is 41.3. The largest absolute Gasteiger partial charge is 0.453 e. The number of hydrogen-bond acceptors (Lipinski definition) is 8. The molecule has 0 unspecified atom stereocenters. The fourth-order valence-electron chi connectivity index (χ4n) is 9.06. The third-order valence-corrected chi connectivity index (χ3v) is 12.4. The summed E-state index contributed by atoms with van der Waals surface area (Å²) in [5.41, 5.74) is 7.08. The number of fused-ring (bicyclic) bond motifs is 4. The molecule has 2 fully saturated rings. The van der Waals surface area contributed by atoms with Crippen molar-refractivity contribution in [1.82, 2.24) is 40.8 Å². The van der Waals surface area contributed by atoms with Gasteiger partial charge in [0.25, 0.3) is 0 Å². The smallest absolute Gasteiger partial charge is 0.407 e. The molecule has 6 aromatic rings. The van der Waals surface area contributed by atoms with Crippen molar-refractivity contribution in [3.8, 4) is 22.3 Å². The average Bonchev–Trinajstić information content (AvgIpc) is 4.10. The number of likely N-dealkylation sites (tertiary alicyclic amines) is 1. The number of aromatic nitrogens is 4. The minimum Gasteiger partial charge on any atom is -0.453 e. The van der Waals surface area contributed by atoms with Gasteiger partial charge in [-0.05, 0) is 89.4 Å². The number of methoxy groups -OCH3 is 2. The molecule has 0 spiro atoms. The molecule has 8 rings (SSSR count). The lowest BCUT2D eigenvalue weighted by atomic mass is 9.94. The summed E-state index contributed by atoms with van der Waals surface area (Å²) in [4.78, 5) is 70.2. The Morgan fingerprint density at radius 3 is 1.98 bits per heavy atom. The van der Waals surface area contributed by atoms with Crippen LogP contribution in [0.5, 0.6) is 0 Å². The van der Waals surface area contributed by atoms with Crippen molar-refractivity contribution in [3.63, 3.8) is 0 Å². The van der Waals surface area contributed by atoms with E-state index in [0.29, 0.717) is 6.54 Å². The number of ether oxygens (including phenoxy) is 2. The van der Waals surface area contributed by atoms with Crippen molar-refractivity contribution in [2.75, 3.05) is 20.8 Å². The number of carbonyl (C=O) groups is 4. The Morgan fingerprint density at radius 2 is 1.33 bits per heavy atom. The number of rotatable bonds is 11. The summed E-state index contributed by atoms with van der Waals surface area (Å²) < 4.78 is 9.57. The summed E-state index contributed by atoms with van der Waals surface area (Å²) in [6, 6.07) is 23.6. The Bertz CT molecular complexity index is 2610. The number of benzene rings is 4. The van der Waals surface area contributed by atoms with Crippen LogP contribution in [0.25, 0.3) is 55.1 Å². The molecule has 61 heavy (non-hydrogen) atoms. The predicted molar refractivity (Wildman–Crippen MR) is 234 cm³/mol. The minimum absolute atomic E-state index is 0.111. The molecule has 14 heteroatoms. The highest BCUT2D eigenvalue weighted by Gasteiger charge is 2.42. The molecule has 3 atom stereocenters. The zero-order valence-corrected chi connectivity index (χ0v) is 35.6. The van der Waals surface area contributed by atoms with Gasteiger partial charge in [-0.3, -0.25) is 9.59 Å². The lowest BCUT2D eigenvalue weighted by Crippen LogP contribution is -2.55. The number of hydrogen-bond donors (Lipinski definition) is 5.